The van der Waals surface area contributed by atoms with Gasteiger partial charge in [0.2, 0.25) is 5.91 Å². The summed E-state index contributed by atoms with van der Waals surface area (Å²) in [6.07, 6.45) is 0.161. The van der Waals surface area contributed by atoms with Gasteiger partial charge in [0.25, 0.3) is 5.91 Å². The third-order valence-corrected chi connectivity index (χ3v) is 3.68. The molecule has 0 radical (unpaired) electrons. The number of methoxy groups -OCH3 is 1. The van der Waals surface area contributed by atoms with Crippen LogP contribution in [0.2, 0.25) is 0 Å². The normalized spacial score (nSPS) is 11.3. The molecule has 26 heavy (non-hydrogen) atoms. The van der Waals surface area contributed by atoms with Crippen molar-refractivity contribution in [3.63, 3.8) is 0 Å². The van der Waals surface area contributed by atoms with E-state index in [0.717, 1.165) is 5.56 Å². The number of rotatable bonds is 8. The fraction of sp³-hybridized carbons (Fsp3) is 0.211. The molecule has 0 bridgehead atoms. The standard InChI is InChI=1S/C19H20N2O5/c1-26-15-9-7-14(8-10-15)18(23)20-12-17(22)21-16(19(24)25)11-13-5-3-2-4-6-13/h2-10,16H,11-12H2,1H3,(H,20,23)(H,21,22)(H,24,25)/t16-/m0/s1. The van der Waals surface area contributed by atoms with E-state index in [1.165, 1.54) is 7.11 Å². The van der Waals surface area contributed by atoms with Gasteiger partial charge in [-0.3, -0.25) is 9.59 Å². The van der Waals surface area contributed by atoms with Gasteiger partial charge in [0, 0.05) is 12.0 Å². The Labute approximate surface area is 151 Å². The van der Waals surface area contributed by atoms with Crippen molar-refractivity contribution in [2.24, 2.45) is 0 Å². The highest BCUT2D eigenvalue weighted by atomic mass is 16.5. The lowest BCUT2D eigenvalue weighted by atomic mass is 10.1. The number of hydrogen-bond acceptors (Lipinski definition) is 4. The molecule has 0 saturated heterocycles. The fourth-order valence-corrected chi connectivity index (χ4v) is 2.30. The van der Waals surface area contributed by atoms with Gasteiger partial charge in [-0.15, -0.1) is 0 Å². The molecule has 2 rings (SSSR count). The Kier molecular flexibility index (Phi) is 6.73. The van der Waals surface area contributed by atoms with Crippen LogP contribution < -0.4 is 15.4 Å². The predicted octanol–water partition coefficient (Wildman–Crippen LogP) is 1.24. The van der Waals surface area contributed by atoms with E-state index in [-0.39, 0.29) is 13.0 Å². The van der Waals surface area contributed by atoms with Crippen LogP contribution in [-0.4, -0.2) is 42.6 Å². The molecule has 7 heteroatoms. The van der Waals surface area contributed by atoms with Crippen LogP contribution in [0.5, 0.6) is 5.75 Å². The van der Waals surface area contributed by atoms with Gasteiger partial charge in [0.1, 0.15) is 11.8 Å². The number of carboxylic acids is 1. The summed E-state index contributed by atoms with van der Waals surface area (Å²) >= 11 is 0. The molecule has 0 aromatic heterocycles. The molecule has 2 aromatic carbocycles. The molecule has 0 saturated carbocycles. The van der Waals surface area contributed by atoms with Crippen LogP contribution in [0.3, 0.4) is 0 Å². The summed E-state index contributed by atoms with van der Waals surface area (Å²) in [5.74, 6) is -1.53. The van der Waals surface area contributed by atoms with Crippen molar-refractivity contribution in [3.05, 3.63) is 65.7 Å². The zero-order chi connectivity index (χ0) is 18.9. The first-order valence-electron chi connectivity index (χ1n) is 7.98. The fourth-order valence-electron chi connectivity index (χ4n) is 2.30. The van der Waals surface area contributed by atoms with Crippen molar-refractivity contribution in [2.75, 3.05) is 13.7 Å². The third-order valence-electron chi connectivity index (χ3n) is 3.68. The second-order valence-corrected chi connectivity index (χ2v) is 5.56. The van der Waals surface area contributed by atoms with Crippen LogP contribution in [0.4, 0.5) is 0 Å². The number of aliphatic carboxylic acids is 1. The van der Waals surface area contributed by atoms with E-state index in [9.17, 15) is 19.5 Å². The minimum absolute atomic E-state index is 0.161. The SMILES string of the molecule is COc1ccc(C(=O)NCC(=O)N[C@@H](Cc2ccccc2)C(=O)O)cc1. The lowest BCUT2D eigenvalue weighted by molar-refractivity contribution is -0.141. The highest BCUT2D eigenvalue weighted by molar-refractivity contribution is 5.97. The molecule has 136 valence electrons. The number of carboxylic acid groups (broad SMARTS) is 1. The van der Waals surface area contributed by atoms with Gasteiger partial charge < -0.3 is 20.5 Å². The van der Waals surface area contributed by atoms with Crippen molar-refractivity contribution >= 4 is 17.8 Å². The van der Waals surface area contributed by atoms with Gasteiger partial charge in [0.05, 0.1) is 13.7 Å². The monoisotopic (exact) mass is 356 g/mol. The maximum Gasteiger partial charge on any atom is 0.326 e. The largest absolute Gasteiger partial charge is 0.497 e. The lowest BCUT2D eigenvalue weighted by Gasteiger charge is -2.15. The Morgan fingerprint density at radius 1 is 1.04 bits per heavy atom. The minimum Gasteiger partial charge on any atom is -0.497 e. The highest BCUT2D eigenvalue weighted by Crippen LogP contribution is 2.11. The Morgan fingerprint density at radius 3 is 2.27 bits per heavy atom. The molecule has 0 unspecified atom stereocenters. The number of hydrogen-bond donors (Lipinski definition) is 3. The summed E-state index contributed by atoms with van der Waals surface area (Å²) in [7, 11) is 1.52. The Morgan fingerprint density at radius 2 is 1.69 bits per heavy atom. The molecule has 0 aliphatic heterocycles. The molecule has 0 spiro atoms. The first kappa shape index (κ1) is 19.0. The first-order chi connectivity index (χ1) is 12.5. The highest BCUT2D eigenvalue weighted by Gasteiger charge is 2.20. The Bertz CT molecular complexity index is 759. The third kappa shape index (κ3) is 5.62. The van der Waals surface area contributed by atoms with Crippen molar-refractivity contribution in [1.29, 1.82) is 0 Å². The molecule has 7 nitrogen and oxygen atoms in total. The number of nitrogens with one attached hydrogen (secondary N) is 2. The van der Waals surface area contributed by atoms with Crippen molar-refractivity contribution < 1.29 is 24.2 Å². The van der Waals surface area contributed by atoms with Gasteiger partial charge in [0.15, 0.2) is 0 Å². The van der Waals surface area contributed by atoms with Crippen LogP contribution >= 0.6 is 0 Å². The Hall–Kier alpha value is -3.35. The van der Waals surface area contributed by atoms with Crippen LogP contribution in [-0.2, 0) is 16.0 Å². The Balaban J connectivity index is 1.87. The summed E-state index contributed by atoms with van der Waals surface area (Å²) in [6.45, 7) is -0.316. The van der Waals surface area contributed by atoms with Crippen LogP contribution in [0.25, 0.3) is 0 Å². The lowest BCUT2D eigenvalue weighted by Crippen LogP contribution is -2.46. The van der Waals surface area contributed by atoms with Crippen molar-refractivity contribution in [3.8, 4) is 5.75 Å². The van der Waals surface area contributed by atoms with Gasteiger partial charge in [-0.2, -0.15) is 0 Å². The van der Waals surface area contributed by atoms with Crippen molar-refractivity contribution in [1.82, 2.24) is 10.6 Å². The van der Waals surface area contributed by atoms with Crippen LogP contribution in [0.1, 0.15) is 15.9 Å². The number of carbonyl (C=O) groups excluding carboxylic acids is 2. The molecule has 1 atom stereocenters. The molecule has 0 aliphatic carbocycles. The van der Waals surface area contributed by atoms with E-state index in [1.54, 1.807) is 48.5 Å². The molecule has 3 N–H and O–H groups in total. The topological polar surface area (TPSA) is 105 Å². The maximum atomic E-state index is 12.0. The van der Waals surface area contributed by atoms with Crippen molar-refractivity contribution in [2.45, 2.75) is 12.5 Å². The zero-order valence-electron chi connectivity index (χ0n) is 14.3. The van der Waals surface area contributed by atoms with E-state index in [4.69, 9.17) is 4.74 Å². The summed E-state index contributed by atoms with van der Waals surface area (Å²) in [5.41, 5.74) is 1.17. The molecule has 2 aromatic rings. The zero-order valence-corrected chi connectivity index (χ0v) is 14.3. The average Bonchev–Trinajstić information content (AvgIpc) is 2.66. The molecule has 0 fully saturated rings. The quantitative estimate of drug-likeness (QED) is 0.660. The number of benzene rings is 2. The number of ether oxygens (including phenoxy) is 1. The summed E-state index contributed by atoms with van der Waals surface area (Å²) < 4.78 is 5.01. The van der Waals surface area contributed by atoms with E-state index >= 15 is 0 Å². The second-order valence-electron chi connectivity index (χ2n) is 5.56. The van der Waals surface area contributed by atoms with E-state index in [0.29, 0.717) is 11.3 Å². The summed E-state index contributed by atoms with van der Waals surface area (Å²) in [6, 6.07) is 14.3. The predicted molar refractivity (Wildman–Crippen MR) is 95.0 cm³/mol. The molecule has 0 aliphatic rings. The van der Waals surface area contributed by atoms with Gasteiger partial charge in [-0.1, -0.05) is 30.3 Å². The second kappa shape index (κ2) is 9.22. The summed E-state index contributed by atoms with van der Waals surface area (Å²) in [5, 5.41) is 14.2. The van der Waals surface area contributed by atoms with E-state index < -0.39 is 23.8 Å². The molecular formula is C19H20N2O5. The van der Waals surface area contributed by atoms with Gasteiger partial charge >= 0.3 is 5.97 Å². The smallest absolute Gasteiger partial charge is 0.326 e. The molecular weight excluding hydrogens is 336 g/mol. The van der Waals surface area contributed by atoms with E-state index in [1.807, 2.05) is 6.07 Å². The van der Waals surface area contributed by atoms with E-state index in [2.05, 4.69) is 10.6 Å². The first-order valence-corrected chi connectivity index (χ1v) is 7.98. The molecule has 2 amide bonds. The average molecular weight is 356 g/mol. The maximum absolute atomic E-state index is 12.0. The van der Waals surface area contributed by atoms with Crippen LogP contribution in [0, 0.1) is 0 Å². The van der Waals surface area contributed by atoms with Crippen LogP contribution in [0.15, 0.2) is 54.6 Å². The molecule has 0 heterocycles. The van der Waals surface area contributed by atoms with Gasteiger partial charge in [-0.05, 0) is 29.8 Å². The minimum atomic E-state index is -1.14. The number of amides is 2. The number of carbonyl (C=O) groups is 3. The van der Waals surface area contributed by atoms with Gasteiger partial charge in [-0.25, -0.2) is 4.79 Å². The summed E-state index contributed by atoms with van der Waals surface area (Å²) in [4.78, 5) is 35.3.